The smallest absolute Gasteiger partial charge is 0.248 e. The van der Waals surface area contributed by atoms with Crippen molar-refractivity contribution in [3.05, 3.63) is 47.7 Å². The van der Waals surface area contributed by atoms with Crippen LogP contribution in [0.5, 0.6) is 0 Å². The van der Waals surface area contributed by atoms with Crippen LogP contribution >= 0.6 is 11.6 Å². The van der Waals surface area contributed by atoms with Gasteiger partial charge in [-0.15, -0.1) is 0 Å². The number of alkyl halides is 1. The Bertz CT molecular complexity index is 621. The molecule has 1 aliphatic rings. The molecule has 0 saturated carbocycles. The fourth-order valence-electron chi connectivity index (χ4n) is 3.00. The minimum atomic E-state index is -0.966. The first-order valence-corrected chi connectivity index (χ1v) is 9.70. The van der Waals surface area contributed by atoms with Crippen molar-refractivity contribution in [3.8, 4) is 0 Å². The van der Waals surface area contributed by atoms with E-state index in [1.165, 1.54) is 17.8 Å². The normalized spacial score (nSPS) is 22.2. The minimum absolute atomic E-state index is 0.217. The summed E-state index contributed by atoms with van der Waals surface area (Å²) < 4.78 is 13.5. The van der Waals surface area contributed by atoms with Crippen LogP contribution < -0.4 is 10.6 Å². The molecule has 1 heterocycles. The maximum atomic E-state index is 13.5. The van der Waals surface area contributed by atoms with Crippen LogP contribution in [0.2, 0.25) is 0 Å². The predicted octanol–water partition coefficient (Wildman–Crippen LogP) is 2.48. The highest BCUT2D eigenvalue weighted by Crippen LogP contribution is 2.22. The highest BCUT2D eigenvalue weighted by Gasteiger charge is 2.34. The van der Waals surface area contributed by atoms with Crippen LogP contribution in [0, 0.1) is 11.3 Å². The lowest BCUT2D eigenvalue weighted by molar-refractivity contribution is -0.115. The zero-order valence-electron chi connectivity index (χ0n) is 16.3. The molecule has 1 amide bonds. The standard InChI is InChI=1S/C20H30ClFN4O2/c1-3-9-24-19(27)12-15(2)5-4-10-25-20(28)17(6-8-21)18(13-23)26-11-7-16(22)14-26/h3-6,8-9,12-13,16-18,20,23,25,28H,7,10-11,14H2,1-2H3,(H,24,27)/b5-4+,8-6+,9-3+,15-12-,23-13?. The summed E-state index contributed by atoms with van der Waals surface area (Å²) in [5.41, 5.74) is 2.07. The molecule has 0 aromatic rings. The molecule has 8 heteroatoms. The van der Waals surface area contributed by atoms with Crippen LogP contribution in [-0.2, 0) is 4.79 Å². The summed E-state index contributed by atoms with van der Waals surface area (Å²) in [4.78, 5) is 13.4. The van der Waals surface area contributed by atoms with Crippen LogP contribution in [-0.4, -0.2) is 60.2 Å². The van der Waals surface area contributed by atoms with E-state index in [2.05, 4.69) is 10.6 Å². The van der Waals surface area contributed by atoms with Gasteiger partial charge in [-0.3, -0.25) is 15.0 Å². The van der Waals surface area contributed by atoms with E-state index < -0.39 is 24.4 Å². The molecule has 156 valence electrons. The fourth-order valence-corrected chi connectivity index (χ4v) is 3.16. The van der Waals surface area contributed by atoms with E-state index in [1.54, 1.807) is 37.4 Å². The van der Waals surface area contributed by atoms with Gasteiger partial charge >= 0.3 is 0 Å². The van der Waals surface area contributed by atoms with Crippen molar-refractivity contribution in [1.29, 1.82) is 5.41 Å². The summed E-state index contributed by atoms with van der Waals surface area (Å²) >= 11 is 5.71. The highest BCUT2D eigenvalue weighted by atomic mass is 35.5. The molecule has 1 fully saturated rings. The molecule has 0 aromatic heterocycles. The van der Waals surface area contributed by atoms with Gasteiger partial charge in [-0.1, -0.05) is 35.9 Å². The lowest BCUT2D eigenvalue weighted by Gasteiger charge is -2.32. The molecule has 4 atom stereocenters. The topological polar surface area (TPSA) is 88.5 Å². The van der Waals surface area contributed by atoms with Crippen molar-refractivity contribution in [2.45, 2.75) is 38.7 Å². The number of hydrogen-bond donors (Lipinski definition) is 4. The van der Waals surface area contributed by atoms with Crippen LogP contribution in [0.15, 0.2) is 47.7 Å². The Labute approximate surface area is 171 Å². The number of rotatable bonds is 11. The lowest BCUT2D eigenvalue weighted by atomic mass is 9.97. The van der Waals surface area contributed by atoms with E-state index >= 15 is 0 Å². The molecule has 0 spiro atoms. The van der Waals surface area contributed by atoms with Gasteiger partial charge in [0.1, 0.15) is 12.4 Å². The summed E-state index contributed by atoms with van der Waals surface area (Å²) in [6.45, 7) is 4.75. The van der Waals surface area contributed by atoms with Gasteiger partial charge in [0.25, 0.3) is 0 Å². The molecule has 0 aliphatic carbocycles. The molecular formula is C20H30ClFN4O2. The van der Waals surface area contributed by atoms with E-state index in [0.717, 1.165) is 5.57 Å². The number of aliphatic hydroxyl groups is 1. The monoisotopic (exact) mass is 412 g/mol. The fraction of sp³-hybridized carbons (Fsp3) is 0.500. The summed E-state index contributed by atoms with van der Waals surface area (Å²) in [6.07, 6.45) is 9.70. The second kappa shape index (κ2) is 13.4. The van der Waals surface area contributed by atoms with Gasteiger partial charge < -0.3 is 15.8 Å². The number of carbonyl (C=O) groups excluding carboxylic acids is 1. The second-order valence-electron chi connectivity index (χ2n) is 6.59. The van der Waals surface area contributed by atoms with Crippen molar-refractivity contribution in [2.75, 3.05) is 19.6 Å². The van der Waals surface area contributed by atoms with Crippen molar-refractivity contribution < 1.29 is 14.3 Å². The van der Waals surface area contributed by atoms with Crippen LogP contribution in [0.1, 0.15) is 20.3 Å². The van der Waals surface area contributed by atoms with Crippen LogP contribution in [0.4, 0.5) is 4.39 Å². The second-order valence-corrected chi connectivity index (χ2v) is 6.84. The van der Waals surface area contributed by atoms with Gasteiger partial charge in [-0.05, 0) is 32.0 Å². The summed E-state index contributed by atoms with van der Waals surface area (Å²) in [5.74, 6) is -0.705. The third-order valence-electron chi connectivity index (χ3n) is 4.39. The van der Waals surface area contributed by atoms with E-state index in [-0.39, 0.29) is 12.5 Å². The van der Waals surface area contributed by atoms with Gasteiger partial charge in [0, 0.05) is 43.4 Å². The van der Waals surface area contributed by atoms with Crippen LogP contribution in [0.25, 0.3) is 0 Å². The number of aliphatic hydroxyl groups excluding tert-OH is 1. The quantitative estimate of drug-likeness (QED) is 0.182. The highest BCUT2D eigenvalue weighted by molar-refractivity contribution is 6.25. The van der Waals surface area contributed by atoms with Crippen molar-refractivity contribution in [1.82, 2.24) is 15.5 Å². The first kappa shape index (κ1) is 24.2. The summed E-state index contributed by atoms with van der Waals surface area (Å²) in [5, 5.41) is 23.8. The van der Waals surface area contributed by atoms with E-state index in [0.29, 0.717) is 19.5 Å². The first-order chi connectivity index (χ1) is 13.4. The Hall–Kier alpha value is -1.80. The molecule has 1 aliphatic heterocycles. The molecule has 6 nitrogen and oxygen atoms in total. The molecule has 0 radical (unpaired) electrons. The van der Waals surface area contributed by atoms with Crippen molar-refractivity contribution in [2.24, 2.45) is 5.92 Å². The first-order valence-electron chi connectivity index (χ1n) is 9.26. The average molecular weight is 413 g/mol. The SMILES string of the molecule is C/C=C/NC(=O)/C=C(C)\C=C\CNC(O)C(/C=C/Cl)C(C=N)N1CCC(F)C1. The lowest BCUT2D eigenvalue weighted by Crippen LogP contribution is -2.48. The Morgan fingerprint density at radius 3 is 2.82 bits per heavy atom. The Kier molecular flexibility index (Phi) is 11.6. The van der Waals surface area contributed by atoms with Gasteiger partial charge in [-0.2, -0.15) is 0 Å². The van der Waals surface area contributed by atoms with E-state index in [9.17, 15) is 14.3 Å². The van der Waals surface area contributed by atoms with E-state index in [4.69, 9.17) is 17.0 Å². The Balaban J connectivity index is 2.61. The van der Waals surface area contributed by atoms with Gasteiger partial charge in [0.05, 0.1) is 6.04 Å². The largest absolute Gasteiger partial charge is 0.378 e. The van der Waals surface area contributed by atoms with Crippen molar-refractivity contribution >= 4 is 23.7 Å². The molecule has 1 saturated heterocycles. The molecule has 4 N–H and O–H groups in total. The summed E-state index contributed by atoms with van der Waals surface area (Å²) in [7, 11) is 0. The van der Waals surface area contributed by atoms with Gasteiger partial charge in [0.15, 0.2) is 0 Å². The number of allylic oxidation sites excluding steroid dienone is 3. The zero-order chi connectivity index (χ0) is 20.9. The van der Waals surface area contributed by atoms with E-state index in [1.807, 2.05) is 11.8 Å². The Morgan fingerprint density at radius 2 is 2.25 bits per heavy atom. The number of nitrogens with zero attached hydrogens (tertiary/aromatic N) is 1. The average Bonchev–Trinajstić information content (AvgIpc) is 3.09. The number of hydrogen-bond acceptors (Lipinski definition) is 5. The number of carbonyl (C=O) groups is 1. The van der Waals surface area contributed by atoms with Crippen LogP contribution in [0.3, 0.4) is 0 Å². The van der Waals surface area contributed by atoms with Crippen molar-refractivity contribution in [3.63, 3.8) is 0 Å². The third kappa shape index (κ3) is 8.48. The van der Waals surface area contributed by atoms with Gasteiger partial charge in [-0.25, -0.2) is 4.39 Å². The maximum absolute atomic E-state index is 13.5. The number of nitrogens with one attached hydrogen (secondary N) is 3. The molecule has 0 bridgehead atoms. The van der Waals surface area contributed by atoms with Gasteiger partial charge in [0.2, 0.25) is 5.91 Å². The number of likely N-dealkylation sites (tertiary alicyclic amines) is 1. The third-order valence-corrected chi connectivity index (χ3v) is 4.53. The molecule has 4 unspecified atom stereocenters. The Morgan fingerprint density at radius 1 is 1.50 bits per heavy atom. The molecule has 1 rings (SSSR count). The predicted molar refractivity (Wildman–Crippen MR) is 112 cm³/mol. The molecular weight excluding hydrogens is 383 g/mol. The maximum Gasteiger partial charge on any atom is 0.248 e. The summed E-state index contributed by atoms with van der Waals surface area (Å²) in [6, 6.07) is -0.445. The number of amides is 1. The zero-order valence-corrected chi connectivity index (χ0v) is 17.1. The molecule has 28 heavy (non-hydrogen) atoms. The number of halogens is 2. The minimum Gasteiger partial charge on any atom is -0.378 e. The molecule has 0 aromatic carbocycles.